The highest BCUT2D eigenvalue weighted by molar-refractivity contribution is 7.80. The predicted molar refractivity (Wildman–Crippen MR) is 94.6 cm³/mol. The van der Waals surface area contributed by atoms with Crippen LogP contribution in [0.3, 0.4) is 0 Å². The maximum atomic E-state index is 12.6. The number of carbonyl (C=O) groups is 1. The maximum Gasteiger partial charge on any atom is 0.242 e. The molecule has 1 aromatic carbocycles. The highest BCUT2D eigenvalue weighted by atomic mass is 35.5. The standard InChI is InChI=1S/C15H16ClN3O2S2/c1-19-13(15(20)17-11-5-2-4-10(16)8-11)9-12(18-23(19)21)14-6-3-7-22-14/h2-8,12-13,18H,9H2,1H3,(H,17,20). The molecule has 2 aromatic rings. The Labute approximate surface area is 146 Å². The molecule has 0 bridgehead atoms. The first-order chi connectivity index (χ1) is 11.0. The fourth-order valence-corrected chi connectivity index (χ4v) is 4.57. The summed E-state index contributed by atoms with van der Waals surface area (Å²) in [6, 6.07) is 10.3. The lowest BCUT2D eigenvalue weighted by molar-refractivity contribution is -0.120. The fourth-order valence-electron chi connectivity index (χ4n) is 2.47. The molecule has 0 spiro atoms. The maximum absolute atomic E-state index is 12.6. The van der Waals surface area contributed by atoms with Crippen LogP contribution in [-0.4, -0.2) is 27.5 Å². The van der Waals surface area contributed by atoms with Crippen LogP contribution in [-0.2, 0) is 16.0 Å². The third kappa shape index (κ3) is 3.81. The van der Waals surface area contributed by atoms with Crippen LogP contribution in [0.1, 0.15) is 17.3 Å². The van der Waals surface area contributed by atoms with Crippen LogP contribution < -0.4 is 10.0 Å². The van der Waals surface area contributed by atoms with Gasteiger partial charge in [0.1, 0.15) is 6.04 Å². The smallest absolute Gasteiger partial charge is 0.242 e. The van der Waals surface area contributed by atoms with Crippen molar-refractivity contribution in [3.63, 3.8) is 0 Å². The Kier molecular flexibility index (Phi) is 5.13. The summed E-state index contributed by atoms with van der Waals surface area (Å²) in [6.45, 7) is 0. The van der Waals surface area contributed by atoms with Crippen molar-refractivity contribution in [2.45, 2.75) is 18.5 Å². The van der Waals surface area contributed by atoms with E-state index in [1.807, 2.05) is 17.5 Å². The van der Waals surface area contributed by atoms with E-state index in [1.54, 1.807) is 47.0 Å². The van der Waals surface area contributed by atoms with Crippen molar-refractivity contribution in [1.29, 1.82) is 0 Å². The summed E-state index contributed by atoms with van der Waals surface area (Å²) in [4.78, 5) is 13.7. The minimum atomic E-state index is -1.41. The third-order valence-corrected chi connectivity index (χ3v) is 6.17. The largest absolute Gasteiger partial charge is 0.325 e. The number of halogens is 1. The zero-order chi connectivity index (χ0) is 16.4. The van der Waals surface area contributed by atoms with Crippen molar-refractivity contribution in [2.24, 2.45) is 0 Å². The molecule has 1 fully saturated rings. The Morgan fingerprint density at radius 2 is 2.26 bits per heavy atom. The van der Waals surface area contributed by atoms with Crippen LogP contribution in [0.25, 0.3) is 0 Å². The molecular formula is C15H16ClN3O2S2. The highest BCUT2D eigenvalue weighted by Gasteiger charge is 2.36. The molecule has 0 saturated carbocycles. The Hall–Kier alpha value is -1.25. The topological polar surface area (TPSA) is 61.4 Å². The average Bonchev–Trinajstić information content (AvgIpc) is 3.04. The molecule has 3 unspecified atom stereocenters. The van der Waals surface area contributed by atoms with Crippen LogP contribution in [0.5, 0.6) is 0 Å². The van der Waals surface area contributed by atoms with Crippen molar-refractivity contribution in [1.82, 2.24) is 9.03 Å². The van der Waals surface area contributed by atoms with Crippen molar-refractivity contribution < 1.29 is 9.00 Å². The number of hydrogen-bond donors (Lipinski definition) is 2. The van der Waals surface area contributed by atoms with Gasteiger partial charge in [0.05, 0.1) is 6.04 Å². The van der Waals surface area contributed by atoms with Gasteiger partial charge >= 0.3 is 0 Å². The van der Waals surface area contributed by atoms with Gasteiger partial charge in [0, 0.05) is 22.6 Å². The van der Waals surface area contributed by atoms with Crippen molar-refractivity contribution >= 4 is 45.7 Å². The van der Waals surface area contributed by atoms with E-state index in [9.17, 15) is 9.00 Å². The molecule has 1 aromatic heterocycles. The summed E-state index contributed by atoms with van der Waals surface area (Å²) in [7, 11) is 1.68. The molecule has 2 heterocycles. The highest BCUT2D eigenvalue weighted by Crippen LogP contribution is 2.29. The normalized spacial score (nSPS) is 25.2. The molecule has 3 atom stereocenters. The summed E-state index contributed by atoms with van der Waals surface area (Å²) in [6.07, 6.45) is 0.551. The number of likely N-dealkylation sites (N-methyl/N-ethyl adjacent to an activating group) is 1. The first-order valence-corrected chi connectivity index (χ1v) is 9.42. The second kappa shape index (κ2) is 7.11. The number of carbonyl (C=O) groups excluding carboxylic acids is 1. The summed E-state index contributed by atoms with van der Waals surface area (Å²) < 4.78 is 16.8. The average molecular weight is 370 g/mol. The molecule has 2 N–H and O–H groups in total. The lowest BCUT2D eigenvalue weighted by atomic mass is 10.1. The molecule has 23 heavy (non-hydrogen) atoms. The van der Waals surface area contributed by atoms with Gasteiger partial charge in [-0.1, -0.05) is 23.7 Å². The molecule has 1 aliphatic heterocycles. The molecule has 1 saturated heterocycles. The SMILES string of the molecule is CN1C(C(=O)Nc2cccc(Cl)c2)CC(c2cccs2)NS1=O. The molecule has 0 radical (unpaired) electrons. The predicted octanol–water partition coefficient (Wildman–Crippen LogP) is 2.95. The van der Waals surface area contributed by atoms with E-state index in [0.29, 0.717) is 17.1 Å². The van der Waals surface area contributed by atoms with E-state index in [4.69, 9.17) is 11.6 Å². The molecule has 3 rings (SSSR count). The van der Waals surface area contributed by atoms with Crippen molar-refractivity contribution in [2.75, 3.05) is 12.4 Å². The number of hydrogen-bond acceptors (Lipinski definition) is 3. The molecule has 1 amide bonds. The lowest BCUT2D eigenvalue weighted by Gasteiger charge is -2.35. The van der Waals surface area contributed by atoms with Gasteiger partial charge in [-0.3, -0.25) is 4.79 Å². The van der Waals surface area contributed by atoms with Gasteiger partial charge in [0.15, 0.2) is 11.2 Å². The number of thiophene rings is 1. The van der Waals surface area contributed by atoms with Crippen molar-refractivity contribution in [3.05, 3.63) is 51.7 Å². The van der Waals surface area contributed by atoms with E-state index >= 15 is 0 Å². The van der Waals surface area contributed by atoms with Crippen LogP contribution in [0, 0.1) is 0 Å². The molecule has 1 aliphatic rings. The zero-order valence-corrected chi connectivity index (χ0v) is 14.8. The molecule has 0 aliphatic carbocycles. The van der Waals surface area contributed by atoms with Crippen molar-refractivity contribution in [3.8, 4) is 0 Å². The summed E-state index contributed by atoms with van der Waals surface area (Å²) in [5.74, 6) is -0.189. The van der Waals surface area contributed by atoms with Crippen LogP contribution in [0.2, 0.25) is 5.02 Å². The van der Waals surface area contributed by atoms with E-state index in [0.717, 1.165) is 4.88 Å². The number of rotatable bonds is 3. The number of nitrogens with one attached hydrogen (secondary N) is 2. The Bertz CT molecular complexity index is 723. The second-order valence-electron chi connectivity index (χ2n) is 5.23. The minimum Gasteiger partial charge on any atom is -0.325 e. The van der Waals surface area contributed by atoms with Gasteiger partial charge in [-0.15, -0.1) is 11.3 Å². The Morgan fingerprint density at radius 3 is 2.96 bits per heavy atom. The number of benzene rings is 1. The van der Waals surface area contributed by atoms with E-state index in [2.05, 4.69) is 10.0 Å². The van der Waals surface area contributed by atoms with E-state index < -0.39 is 17.2 Å². The lowest BCUT2D eigenvalue weighted by Crippen LogP contribution is -2.52. The van der Waals surface area contributed by atoms with E-state index in [1.165, 1.54) is 0 Å². The first-order valence-electron chi connectivity index (χ1n) is 7.05. The van der Waals surface area contributed by atoms with Gasteiger partial charge in [0.25, 0.3) is 0 Å². The van der Waals surface area contributed by atoms with Gasteiger partial charge in [-0.2, -0.15) is 0 Å². The summed E-state index contributed by atoms with van der Waals surface area (Å²) >= 11 is 6.12. The molecular weight excluding hydrogens is 354 g/mol. The number of nitrogens with zero attached hydrogens (tertiary/aromatic N) is 1. The molecule has 122 valence electrons. The summed E-state index contributed by atoms with van der Waals surface area (Å²) in [5.41, 5.74) is 0.632. The Morgan fingerprint density at radius 1 is 1.43 bits per heavy atom. The quantitative estimate of drug-likeness (QED) is 0.873. The third-order valence-electron chi connectivity index (χ3n) is 3.68. The van der Waals surface area contributed by atoms with Gasteiger partial charge < -0.3 is 5.32 Å². The van der Waals surface area contributed by atoms with Crippen LogP contribution >= 0.6 is 22.9 Å². The second-order valence-corrected chi connectivity index (χ2v) is 7.96. The van der Waals surface area contributed by atoms with E-state index in [-0.39, 0.29) is 11.9 Å². The van der Waals surface area contributed by atoms with Gasteiger partial charge in [0.2, 0.25) is 5.91 Å². The minimum absolute atomic E-state index is 0.0952. The van der Waals surface area contributed by atoms with Crippen LogP contribution in [0.15, 0.2) is 41.8 Å². The number of amides is 1. The number of anilines is 1. The van der Waals surface area contributed by atoms with Crippen LogP contribution in [0.4, 0.5) is 5.69 Å². The molecule has 5 nitrogen and oxygen atoms in total. The van der Waals surface area contributed by atoms with Gasteiger partial charge in [-0.25, -0.2) is 13.2 Å². The summed E-state index contributed by atoms with van der Waals surface area (Å²) in [5, 5.41) is 5.37. The monoisotopic (exact) mass is 369 g/mol. The first kappa shape index (κ1) is 16.6. The van der Waals surface area contributed by atoms with Gasteiger partial charge in [-0.05, 0) is 36.1 Å². The fraction of sp³-hybridized carbons (Fsp3) is 0.267. The zero-order valence-electron chi connectivity index (χ0n) is 12.4. The Balaban J connectivity index is 1.76. The molecule has 8 heteroatoms.